The molecule has 1 aromatic carbocycles. The van der Waals surface area contributed by atoms with Crippen LogP contribution in [0.4, 0.5) is 0 Å². The first-order valence-corrected chi connectivity index (χ1v) is 3.88. The van der Waals surface area contributed by atoms with Crippen molar-refractivity contribution in [1.82, 2.24) is 5.43 Å². The van der Waals surface area contributed by atoms with Crippen LogP contribution in [0.3, 0.4) is 0 Å². The van der Waals surface area contributed by atoms with Crippen molar-refractivity contribution in [3.63, 3.8) is 0 Å². The van der Waals surface area contributed by atoms with Crippen molar-refractivity contribution < 1.29 is 5.03 Å². The van der Waals surface area contributed by atoms with Gasteiger partial charge in [-0.05, 0) is 5.56 Å². The summed E-state index contributed by atoms with van der Waals surface area (Å²) in [6.07, 6.45) is 3.54. The molecule has 1 N–H and O–H groups in total. The molecule has 0 saturated heterocycles. The third-order valence-electron chi connectivity index (χ3n) is 1.45. The summed E-state index contributed by atoms with van der Waals surface area (Å²) >= 11 is 0. The van der Waals surface area contributed by atoms with Crippen LogP contribution in [0.25, 0.3) is 6.08 Å². The Morgan fingerprint density at radius 2 is 2.08 bits per heavy atom. The normalized spacial score (nSPS) is 10.2. The van der Waals surface area contributed by atoms with Gasteiger partial charge in [-0.2, -0.15) is 0 Å². The summed E-state index contributed by atoms with van der Waals surface area (Å²) in [6, 6.07) is 9.62. The van der Waals surface area contributed by atoms with Gasteiger partial charge in [0.05, 0.1) is 6.54 Å². The van der Waals surface area contributed by atoms with Gasteiger partial charge in [-0.1, -0.05) is 42.5 Å². The molecule has 4 heteroatoms. The van der Waals surface area contributed by atoms with E-state index in [1.165, 1.54) is 0 Å². The Hall–Kier alpha value is -1.84. The Morgan fingerprint density at radius 1 is 1.38 bits per heavy atom. The molecule has 4 nitrogen and oxygen atoms in total. The zero-order chi connectivity index (χ0) is 9.52. The molecule has 0 radical (unpaired) electrons. The molecule has 0 heterocycles. The molecular weight excluding hydrogens is 168 g/mol. The molecule has 0 amide bonds. The van der Waals surface area contributed by atoms with Crippen LogP contribution >= 0.6 is 0 Å². The molecule has 0 saturated carbocycles. The van der Waals surface area contributed by atoms with Crippen LogP contribution in [-0.4, -0.2) is 11.6 Å². The molecule has 0 unspecified atom stereocenters. The summed E-state index contributed by atoms with van der Waals surface area (Å²) in [6.45, 7) is 0.238. The number of hydrogen-bond donors (Lipinski definition) is 1. The molecule has 1 rings (SSSR count). The van der Waals surface area contributed by atoms with Crippen LogP contribution in [0.5, 0.6) is 0 Å². The third-order valence-corrected chi connectivity index (χ3v) is 1.45. The summed E-state index contributed by atoms with van der Waals surface area (Å²) in [5, 5.41) is 9.31. The van der Waals surface area contributed by atoms with E-state index in [0.29, 0.717) is 0 Å². The molecule has 0 aromatic heterocycles. The van der Waals surface area contributed by atoms with Crippen molar-refractivity contribution >= 4 is 6.08 Å². The molecule has 0 aliphatic carbocycles. The van der Waals surface area contributed by atoms with E-state index in [1.807, 2.05) is 36.4 Å². The van der Waals surface area contributed by atoms with Crippen LogP contribution in [0, 0.1) is 10.1 Å². The maximum absolute atomic E-state index is 9.87. The number of benzene rings is 1. The largest absolute Gasteiger partial charge is 0.235 e. The summed E-state index contributed by atoms with van der Waals surface area (Å²) in [5.41, 5.74) is 3.09. The topological polar surface area (TPSA) is 55.2 Å². The van der Waals surface area contributed by atoms with E-state index in [2.05, 4.69) is 5.43 Å². The molecule has 0 fully saturated rings. The Morgan fingerprint density at radius 3 is 2.69 bits per heavy atom. The van der Waals surface area contributed by atoms with E-state index in [-0.39, 0.29) is 6.54 Å². The average molecular weight is 178 g/mol. The van der Waals surface area contributed by atoms with Crippen molar-refractivity contribution in [1.29, 1.82) is 0 Å². The maximum atomic E-state index is 9.87. The number of nitrogens with one attached hydrogen (secondary N) is 1. The second kappa shape index (κ2) is 4.92. The fraction of sp³-hybridized carbons (Fsp3) is 0.111. The van der Waals surface area contributed by atoms with E-state index < -0.39 is 5.03 Å². The van der Waals surface area contributed by atoms with E-state index in [9.17, 15) is 10.1 Å². The Bertz CT molecular complexity index is 296. The minimum atomic E-state index is -0.560. The highest BCUT2D eigenvalue weighted by atomic mass is 16.7. The SMILES string of the molecule is O=[N+]([O-])NCC=Cc1ccccc1. The van der Waals surface area contributed by atoms with E-state index in [4.69, 9.17) is 0 Å². The molecule has 13 heavy (non-hydrogen) atoms. The molecule has 68 valence electrons. The number of nitrogens with zero attached hydrogens (tertiary/aromatic N) is 1. The predicted molar refractivity (Wildman–Crippen MR) is 50.5 cm³/mol. The highest BCUT2D eigenvalue weighted by molar-refractivity contribution is 5.48. The maximum Gasteiger partial charge on any atom is 0.157 e. The van der Waals surface area contributed by atoms with Gasteiger partial charge >= 0.3 is 0 Å². The Kier molecular flexibility index (Phi) is 3.50. The van der Waals surface area contributed by atoms with Crippen LogP contribution in [0.15, 0.2) is 36.4 Å². The summed E-state index contributed by atoms with van der Waals surface area (Å²) < 4.78 is 0. The molecule has 0 spiro atoms. The van der Waals surface area contributed by atoms with Gasteiger partial charge in [0.15, 0.2) is 5.03 Å². The van der Waals surface area contributed by atoms with Gasteiger partial charge in [-0.15, -0.1) is 5.43 Å². The van der Waals surface area contributed by atoms with E-state index in [0.717, 1.165) is 5.56 Å². The summed E-state index contributed by atoms with van der Waals surface area (Å²) in [4.78, 5) is 9.87. The van der Waals surface area contributed by atoms with Crippen molar-refractivity contribution in [3.05, 3.63) is 52.1 Å². The Balaban J connectivity index is 2.37. The number of hydrazine groups is 1. The monoisotopic (exact) mass is 178 g/mol. The van der Waals surface area contributed by atoms with E-state index in [1.54, 1.807) is 6.08 Å². The van der Waals surface area contributed by atoms with Crippen molar-refractivity contribution in [2.75, 3.05) is 6.54 Å². The lowest BCUT2D eigenvalue weighted by atomic mass is 10.2. The fourth-order valence-corrected chi connectivity index (χ4v) is 0.886. The predicted octanol–water partition coefficient (Wildman–Crippen LogP) is 1.48. The first-order valence-electron chi connectivity index (χ1n) is 3.88. The third kappa shape index (κ3) is 3.91. The molecular formula is C9H10N2O2. The Labute approximate surface area is 76.0 Å². The van der Waals surface area contributed by atoms with Gasteiger partial charge in [-0.25, -0.2) is 10.1 Å². The van der Waals surface area contributed by atoms with Crippen LogP contribution in [0.1, 0.15) is 5.56 Å². The van der Waals surface area contributed by atoms with Crippen LogP contribution in [0.2, 0.25) is 0 Å². The van der Waals surface area contributed by atoms with Crippen LogP contribution in [-0.2, 0) is 0 Å². The lowest BCUT2D eigenvalue weighted by Gasteiger charge is -1.91. The highest BCUT2D eigenvalue weighted by Crippen LogP contribution is 1.99. The lowest BCUT2D eigenvalue weighted by molar-refractivity contribution is -0.542. The second-order valence-corrected chi connectivity index (χ2v) is 2.43. The van der Waals surface area contributed by atoms with Crippen molar-refractivity contribution in [2.45, 2.75) is 0 Å². The van der Waals surface area contributed by atoms with Gasteiger partial charge < -0.3 is 0 Å². The van der Waals surface area contributed by atoms with Crippen molar-refractivity contribution in [3.8, 4) is 0 Å². The second-order valence-electron chi connectivity index (χ2n) is 2.43. The first-order chi connectivity index (χ1) is 6.29. The molecule has 1 aromatic rings. The van der Waals surface area contributed by atoms with E-state index >= 15 is 0 Å². The first kappa shape index (κ1) is 9.25. The summed E-state index contributed by atoms with van der Waals surface area (Å²) in [5.74, 6) is 0. The van der Waals surface area contributed by atoms with Gasteiger partial charge in [0.2, 0.25) is 0 Å². The van der Waals surface area contributed by atoms with Gasteiger partial charge in [-0.3, -0.25) is 0 Å². The standard InChI is InChI=1S/C9H10N2O2/c12-11(13)10-8-4-7-9-5-2-1-3-6-9/h1-7,10H,8H2. The van der Waals surface area contributed by atoms with Gasteiger partial charge in [0.25, 0.3) is 0 Å². The van der Waals surface area contributed by atoms with Crippen molar-refractivity contribution in [2.24, 2.45) is 0 Å². The minimum absolute atomic E-state index is 0.238. The smallest absolute Gasteiger partial charge is 0.157 e. The zero-order valence-electron chi connectivity index (χ0n) is 7.01. The minimum Gasteiger partial charge on any atom is -0.235 e. The molecule has 0 bridgehead atoms. The molecule has 0 aliphatic rings. The van der Waals surface area contributed by atoms with Gasteiger partial charge in [0, 0.05) is 0 Å². The molecule has 0 aliphatic heterocycles. The van der Waals surface area contributed by atoms with Crippen LogP contribution < -0.4 is 5.43 Å². The zero-order valence-corrected chi connectivity index (χ0v) is 7.01. The quantitative estimate of drug-likeness (QED) is 0.561. The lowest BCUT2D eigenvalue weighted by Crippen LogP contribution is -2.20. The average Bonchev–Trinajstić information content (AvgIpc) is 2.14. The number of rotatable bonds is 4. The number of hydrogen-bond acceptors (Lipinski definition) is 2. The summed E-state index contributed by atoms with van der Waals surface area (Å²) in [7, 11) is 0. The fourth-order valence-electron chi connectivity index (χ4n) is 0.886. The van der Waals surface area contributed by atoms with Gasteiger partial charge in [0.1, 0.15) is 0 Å². The number of nitro groups is 1. The highest BCUT2D eigenvalue weighted by Gasteiger charge is 1.87. The molecule has 0 atom stereocenters.